The van der Waals surface area contributed by atoms with E-state index in [9.17, 15) is 4.79 Å². The standard InChI is InChI=1S/C21H21ClN4O/c1-2-26(19-9-4-3-5-10-19)21-24-14-17(15-25-21)20(27)23-12-11-16-7-6-8-18(22)13-16/h3-10,13-15H,2,11-12H2,1H3,(H,23,27). The summed E-state index contributed by atoms with van der Waals surface area (Å²) in [5, 5.41) is 3.58. The van der Waals surface area contributed by atoms with Gasteiger partial charge in [-0.2, -0.15) is 0 Å². The first-order valence-corrected chi connectivity index (χ1v) is 9.22. The lowest BCUT2D eigenvalue weighted by molar-refractivity contribution is 0.0953. The quantitative estimate of drug-likeness (QED) is 0.665. The van der Waals surface area contributed by atoms with Crippen LogP contribution < -0.4 is 10.2 Å². The van der Waals surface area contributed by atoms with E-state index in [1.807, 2.05) is 66.4 Å². The molecule has 1 heterocycles. The minimum atomic E-state index is -0.189. The molecule has 0 saturated heterocycles. The van der Waals surface area contributed by atoms with Crippen molar-refractivity contribution in [3.8, 4) is 0 Å². The number of nitrogens with zero attached hydrogens (tertiary/aromatic N) is 3. The van der Waals surface area contributed by atoms with Crippen LogP contribution >= 0.6 is 11.6 Å². The molecular formula is C21H21ClN4O. The predicted molar refractivity (Wildman–Crippen MR) is 109 cm³/mol. The maximum atomic E-state index is 12.3. The van der Waals surface area contributed by atoms with Gasteiger partial charge < -0.3 is 10.2 Å². The van der Waals surface area contributed by atoms with Crippen molar-refractivity contribution in [1.29, 1.82) is 0 Å². The van der Waals surface area contributed by atoms with E-state index in [-0.39, 0.29) is 5.91 Å². The number of rotatable bonds is 7. The Kier molecular flexibility index (Phi) is 6.39. The lowest BCUT2D eigenvalue weighted by atomic mass is 10.1. The lowest BCUT2D eigenvalue weighted by Gasteiger charge is -2.20. The van der Waals surface area contributed by atoms with Crippen LogP contribution in [0, 0.1) is 0 Å². The summed E-state index contributed by atoms with van der Waals surface area (Å²) in [5.74, 6) is 0.380. The van der Waals surface area contributed by atoms with Gasteiger partial charge >= 0.3 is 0 Å². The SMILES string of the molecule is CCN(c1ccccc1)c1ncc(C(=O)NCCc2cccc(Cl)c2)cn1. The van der Waals surface area contributed by atoms with Crippen LogP contribution in [0.15, 0.2) is 67.0 Å². The molecule has 0 atom stereocenters. The number of carbonyl (C=O) groups is 1. The molecule has 3 rings (SSSR count). The topological polar surface area (TPSA) is 58.1 Å². The zero-order chi connectivity index (χ0) is 19.1. The summed E-state index contributed by atoms with van der Waals surface area (Å²) in [6.07, 6.45) is 3.83. The van der Waals surface area contributed by atoms with Crippen LogP contribution in [-0.2, 0) is 6.42 Å². The van der Waals surface area contributed by atoms with Gasteiger partial charge in [-0.1, -0.05) is 41.9 Å². The van der Waals surface area contributed by atoms with Crippen molar-refractivity contribution in [2.75, 3.05) is 18.0 Å². The van der Waals surface area contributed by atoms with Gasteiger partial charge in [-0.25, -0.2) is 9.97 Å². The van der Waals surface area contributed by atoms with E-state index < -0.39 is 0 Å². The van der Waals surface area contributed by atoms with Crippen LogP contribution in [0.25, 0.3) is 0 Å². The van der Waals surface area contributed by atoms with Crippen LogP contribution in [0.2, 0.25) is 5.02 Å². The first-order chi connectivity index (χ1) is 13.2. The van der Waals surface area contributed by atoms with E-state index in [1.54, 1.807) is 12.4 Å². The summed E-state index contributed by atoms with van der Waals surface area (Å²) in [6, 6.07) is 17.5. The van der Waals surface area contributed by atoms with Gasteiger partial charge in [-0.3, -0.25) is 4.79 Å². The molecule has 0 aliphatic carbocycles. The highest BCUT2D eigenvalue weighted by molar-refractivity contribution is 6.30. The fraction of sp³-hybridized carbons (Fsp3) is 0.190. The molecule has 0 unspecified atom stereocenters. The molecule has 27 heavy (non-hydrogen) atoms. The molecule has 5 nitrogen and oxygen atoms in total. The van der Waals surface area contributed by atoms with E-state index in [4.69, 9.17) is 11.6 Å². The van der Waals surface area contributed by atoms with Gasteiger partial charge in [-0.15, -0.1) is 0 Å². The zero-order valence-electron chi connectivity index (χ0n) is 15.1. The third-order valence-electron chi connectivity index (χ3n) is 4.11. The molecule has 0 saturated carbocycles. The number of hydrogen-bond donors (Lipinski definition) is 1. The van der Waals surface area contributed by atoms with E-state index in [0.29, 0.717) is 29.5 Å². The largest absolute Gasteiger partial charge is 0.352 e. The number of para-hydroxylation sites is 1. The number of halogens is 1. The molecule has 0 bridgehead atoms. The monoisotopic (exact) mass is 380 g/mol. The van der Waals surface area contributed by atoms with Crippen LogP contribution in [0.5, 0.6) is 0 Å². The molecule has 1 N–H and O–H groups in total. The summed E-state index contributed by atoms with van der Waals surface area (Å²) in [4.78, 5) is 23.0. The Hall–Kier alpha value is -2.92. The molecule has 1 amide bonds. The molecule has 0 aliphatic heterocycles. The second-order valence-electron chi connectivity index (χ2n) is 5.99. The second kappa shape index (κ2) is 9.14. The summed E-state index contributed by atoms with van der Waals surface area (Å²) < 4.78 is 0. The summed E-state index contributed by atoms with van der Waals surface area (Å²) >= 11 is 5.97. The number of nitrogens with one attached hydrogen (secondary N) is 1. The van der Waals surface area contributed by atoms with Crippen LogP contribution in [0.3, 0.4) is 0 Å². The molecule has 6 heteroatoms. The number of amides is 1. The molecule has 0 radical (unpaired) electrons. The molecule has 0 fully saturated rings. The smallest absolute Gasteiger partial charge is 0.254 e. The number of aromatic nitrogens is 2. The van der Waals surface area contributed by atoms with Gasteiger partial charge in [0.2, 0.25) is 5.95 Å². The fourth-order valence-corrected chi connectivity index (χ4v) is 2.95. The number of hydrogen-bond acceptors (Lipinski definition) is 4. The number of carbonyl (C=O) groups excluding carboxylic acids is 1. The van der Waals surface area contributed by atoms with Crippen molar-refractivity contribution in [2.45, 2.75) is 13.3 Å². The summed E-state index contributed by atoms with van der Waals surface area (Å²) in [6.45, 7) is 3.29. The van der Waals surface area contributed by atoms with E-state index in [2.05, 4.69) is 15.3 Å². The highest BCUT2D eigenvalue weighted by Crippen LogP contribution is 2.20. The van der Waals surface area contributed by atoms with E-state index >= 15 is 0 Å². The zero-order valence-corrected chi connectivity index (χ0v) is 15.9. The first-order valence-electron chi connectivity index (χ1n) is 8.84. The molecular weight excluding hydrogens is 360 g/mol. The Balaban J connectivity index is 1.60. The van der Waals surface area contributed by atoms with Crippen LogP contribution in [-0.4, -0.2) is 29.0 Å². The molecule has 3 aromatic rings. The highest BCUT2D eigenvalue weighted by atomic mass is 35.5. The van der Waals surface area contributed by atoms with Gasteiger partial charge in [0.05, 0.1) is 5.56 Å². The van der Waals surface area contributed by atoms with Gasteiger partial charge in [0.1, 0.15) is 0 Å². The first kappa shape index (κ1) is 18.9. The molecule has 0 aliphatic rings. The van der Waals surface area contributed by atoms with Crippen molar-refractivity contribution in [2.24, 2.45) is 0 Å². The lowest BCUT2D eigenvalue weighted by Crippen LogP contribution is -2.26. The average molecular weight is 381 g/mol. The second-order valence-corrected chi connectivity index (χ2v) is 6.42. The summed E-state index contributed by atoms with van der Waals surface area (Å²) in [7, 11) is 0. The Morgan fingerprint density at radius 1 is 1.07 bits per heavy atom. The normalized spacial score (nSPS) is 10.4. The number of anilines is 2. The van der Waals surface area contributed by atoms with Crippen molar-refractivity contribution in [1.82, 2.24) is 15.3 Å². The van der Waals surface area contributed by atoms with Gasteiger partial charge in [0.15, 0.2) is 0 Å². The Morgan fingerprint density at radius 3 is 2.48 bits per heavy atom. The Labute approximate surface area is 164 Å². The molecule has 138 valence electrons. The number of benzene rings is 2. The summed E-state index contributed by atoms with van der Waals surface area (Å²) in [5.41, 5.74) is 2.53. The van der Waals surface area contributed by atoms with Crippen LogP contribution in [0.4, 0.5) is 11.6 Å². The maximum Gasteiger partial charge on any atom is 0.254 e. The third kappa shape index (κ3) is 5.05. The van der Waals surface area contributed by atoms with Crippen molar-refractivity contribution in [3.63, 3.8) is 0 Å². The van der Waals surface area contributed by atoms with Gasteiger partial charge in [0, 0.05) is 36.2 Å². The van der Waals surface area contributed by atoms with Crippen molar-refractivity contribution < 1.29 is 4.79 Å². The molecule has 0 spiro atoms. The van der Waals surface area contributed by atoms with Crippen molar-refractivity contribution >= 4 is 29.1 Å². The van der Waals surface area contributed by atoms with Crippen molar-refractivity contribution in [3.05, 3.63) is 83.1 Å². The molecule has 1 aromatic heterocycles. The van der Waals surface area contributed by atoms with Crippen LogP contribution in [0.1, 0.15) is 22.8 Å². The minimum Gasteiger partial charge on any atom is -0.352 e. The molecule has 2 aromatic carbocycles. The Morgan fingerprint density at radius 2 is 1.81 bits per heavy atom. The van der Waals surface area contributed by atoms with Gasteiger partial charge in [0.25, 0.3) is 5.91 Å². The average Bonchev–Trinajstić information content (AvgIpc) is 2.70. The predicted octanol–water partition coefficient (Wildman–Crippen LogP) is 4.26. The van der Waals surface area contributed by atoms with E-state index in [1.165, 1.54) is 0 Å². The third-order valence-corrected chi connectivity index (χ3v) is 4.35. The fourth-order valence-electron chi connectivity index (χ4n) is 2.74. The maximum absolute atomic E-state index is 12.3. The van der Waals surface area contributed by atoms with E-state index in [0.717, 1.165) is 17.8 Å². The Bertz CT molecular complexity index is 884. The minimum absolute atomic E-state index is 0.189. The highest BCUT2D eigenvalue weighted by Gasteiger charge is 2.12. The van der Waals surface area contributed by atoms with Gasteiger partial charge in [-0.05, 0) is 43.2 Å².